The van der Waals surface area contributed by atoms with Crippen LogP contribution in [-0.4, -0.2) is 18.0 Å². The Labute approximate surface area is 119 Å². The van der Waals surface area contributed by atoms with E-state index in [0.717, 1.165) is 5.56 Å². The van der Waals surface area contributed by atoms with Crippen LogP contribution in [0.3, 0.4) is 0 Å². The van der Waals surface area contributed by atoms with Crippen molar-refractivity contribution in [1.82, 2.24) is 9.55 Å². The van der Waals surface area contributed by atoms with E-state index >= 15 is 0 Å². The van der Waals surface area contributed by atoms with Crippen molar-refractivity contribution in [2.75, 3.05) is 10.5 Å². The van der Waals surface area contributed by atoms with Crippen molar-refractivity contribution < 1.29 is 8.42 Å². The van der Waals surface area contributed by atoms with Crippen LogP contribution >= 0.6 is 15.9 Å². The molecular weight excluding hydrogens is 332 g/mol. The van der Waals surface area contributed by atoms with Crippen molar-refractivity contribution in [3.63, 3.8) is 0 Å². The van der Waals surface area contributed by atoms with Crippen molar-refractivity contribution in [3.8, 4) is 0 Å². The maximum Gasteiger partial charge on any atom is 0.281 e. The Kier molecular flexibility index (Phi) is 3.55. The normalized spacial score (nSPS) is 11.5. The summed E-state index contributed by atoms with van der Waals surface area (Å²) in [6, 6.07) is 5.38. The predicted molar refractivity (Wildman–Crippen MR) is 77.3 cm³/mol. The second-order valence-corrected chi connectivity index (χ2v) is 6.59. The zero-order valence-corrected chi connectivity index (χ0v) is 12.8. The van der Waals surface area contributed by atoms with Gasteiger partial charge >= 0.3 is 0 Å². The van der Waals surface area contributed by atoms with Gasteiger partial charge in [0, 0.05) is 11.5 Å². The molecule has 2 aromatic rings. The molecule has 0 radical (unpaired) electrons. The number of nitrogens with one attached hydrogen (secondary N) is 1. The lowest BCUT2D eigenvalue weighted by molar-refractivity contribution is 0.592. The first-order valence-corrected chi connectivity index (χ1v) is 7.64. The second-order valence-electron chi connectivity index (χ2n) is 4.13. The number of imidazole rings is 1. The van der Waals surface area contributed by atoms with E-state index in [-0.39, 0.29) is 10.8 Å². The largest absolute Gasteiger partial charge is 0.381 e. The van der Waals surface area contributed by atoms with E-state index in [1.165, 1.54) is 10.9 Å². The Morgan fingerprint density at radius 2 is 2.11 bits per heavy atom. The van der Waals surface area contributed by atoms with Crippen molar-refractivity contribution in [1.29, 1.82) is 0 Å². The Morgan fingerprint density at radius 3 is 2.68 bits per heavy atom. The molecular formula is C11H13BrN4O2S. The molecule has 0 unspecified atom stereocenters. The molecule has 0 fully saturated rings. The van der Waals surface area contributed by atoms with Crippen LogP contribution in [0.2, 0.25) is 0 Å². The fourth-order valence-electron chi connectivity index (χ4n) is 1.67. The van der Waals surface area contributed by atoms with Gasteiger partial charge < -0.3 is 10.3 Å². The molecule has 0 saturated carbocycles. The molecule has 0 bridgehead atoms. The summed E-state index contributed by atoms with van der Waals surface area (Å²) in [6.07, 6.45) is 1.36. The monoisotopic (exact) mass is 344 g/mol. The second kappa shape index (κ2) is 4.86. The van der Waals surface area contributed by atoms with Crippen LogP contribution in [0.5, 0.6) is 0 Å². The van der Waals surface area contributed by atoms with Gasteiger partial charge in [0.2, 0.25) is 0 Å². The molecule has 2 rings (SSSR count). The average molecular weight is 345 g/mol. The lowest BCUT2D eigenvalue weighted by atomic mass is 10.2. The summed E-state index contributed by atoms with van der Waals surface area (Å²) < 4.78 is 29.1. The molecule has 0 aliphatic carbocycles. The molecule has 6 nitrogen and oxygen atoms in total. The van der Waals surface area contributed by atoms with E-state index in [9.17, 15) is 8.42 Å². The van der Waals surface area contributed by atoms with E-state index in [1.807, 2.05) is 13.0 Å². The van der Waals surface area contributed by atoms with Crippen LogP contribution in [0.4, 0.5) is 11.5 Å². The summed E-state index contributed by atoms with van der Waals surface area (Å²) in [5, 5.41) is -0.0547. The number of halogens is 1. The molecule has 0 saturated heterocycles. The fraction of sp³-hybridized carbons (Fsp3) is 0.182. The summed E-state index contributed by atoms with van der Waals surface area (Å²) in [5.74, 6) is -0.0289. The minimum absolute atomic E-state index is 0.0289. The first-order chi connectivity index (χ1) is 8.81. The van der Waals surface area contributed by atoms with E-state index in [4.69, 9.17) is 5.73 Å². The van der Waals surface area contributed by atoms with Gasteiger partial charge in [0.1, 0.15) is 0 Å². The number of nitrogens with two attached hydrogens (primary N) is 1. The van der Waals surface area contributed by atoms with Crippen molar-refractivity contribution in [2.45, 2.75) is 11.9 Å². The Morgan fingerprint density at radius 1 is 1.42 bits per heavy atom. The lowest BCUT2D eigenvalue weighted by Crippen LogP contribution is -2.18. The molecule has 1 aromatic carbocycles. The molecule has 0 spiro atoms. The number of hydrogen-bond donors (Lipinski definition) is 2. The third-order valence-corrected chi connectivity index (χ3v) is 4.72. The van der Waals surface area contributed by atoms with Crippen LogP contribution in [-0.2, 0) is 17.1 Å². The standard InChI is InChI=1S/C11H13BrN4O2S/c1-7-3-4-8(12)9(5-7)15-19(17,18)11-10(13)14-6-16(11)2/h3-6,15H,13H2,1-2H3. The topological polar surface area (TPSA) is 90.0 Å². The minimum atomic E-state index is -3.78. The van der Waals surface area contributed by atoms with Gasteiger partial charge in [-0.2, -0.15) is 8.42 Å². The Bertz CT molecular complexity index is 705. The lowest BCUT2D eigenvalue weighted by Gasteiger charge is -2.11. The van der Waals surface area contributed by atoms with Gasteiger partial charge in [-0.15, -0.1) is 0 Å². The third kappa shape index (κ3) is 2.74. The van der Waals surface area contributed by atoms with Gasteiger partial charge in [-0.25, -0.2) is 4.98 Å². The van der Waals surface area contributed by atoms with Crippen LogP contribution in [0.1, 0.15) is 5.56 Å². The Hall–Kier alpha value is -1.54. The number of aromatic nitrogens is 2. The maximum absolute atomic E-state index is 12.3. The number of sulfonamides is 1. The first-order valence-electron chi connectivity index (χ1n) is 5.37. The molecule has 19 heavy (non-hydrogen) atoms. The van der Waals surface area contributed by atoms with Crippen molar-refractivity contribution in [3.05, 3.63) is 34.6 Å². The quantitative estimate of drug-likeness (QED) is 0.889. The van der Waals surface area contributed by atoms with Gasteiger partial charge in [0.15, 0.2) is 10.8 Å². The summed E-state index contributed by atoms with van der Waals surface area (Å²) in [4.78, 5) is 3.77. The molecule has 0 atom stereocenters. The van der Waals surface area contributed by atoms with Crippen LogP contribution in [0.15, 0.2) is 34.0 Å². The zero-order chi connectivity index (χ0) is 14.2. The van der Waals surface area contributed by atoms with E-state index < -0.39 is 10.0 Å². The molecule has 0 amide bonds. The minimum Gasteiger partial charge on any atom is -0.381 e. The van der Waals surface area contributed by atoms with Gasteiger partial charge in [-0.3, -0.25) is 4.72 Å². The summed E-state index contributed by atoms with van der Waals surface area (Å²) in [5.41, 5.74) is 6.99. The molecule has 1 heterocycles. The van der Waals surface area contributed by atoms with Gasteiger partial charge in [0.05, 0.1) is 12.0 Å². The van der Waals surface area contributed by atoms with E-state index in [0.29, 0.717) is 10.2 Å². The van der Waals surface area contributed by atoms with Crippen LogP contribution in [0.25, 0.3) is 0 Å². The smallest absolute Gasteiger partial charge is 0.281 e. The Balaban J connectivity index is 2.45. The van der Waals surface area contributed by atoms with E-state index in [2.05, 4.69) is 25.6 Å². The molecule has 8 heteroatoms. The number of nitrogens with zero attached hydrogens (tertiary/aromatic N) is 2. The highest BCUT2D eigenvalue weighted by molar-refractivity contribution is 9.10. The first kappa shape index (κ1) is 13.9. The fourth-order valence-corrected chi connectivity index (χ4v) is 3.46. The highest BCUT2D eigenvalue weighted by Crippen LogP contribution is 2.27. The number of nitrogen functional groups attached to an aromatic ring is 1. The number of hydrogen-bond acceptors (Lipinski definition) is 4. The maximum atomic E-state index is 12.3. The molecule has 3 N–H and O–H groups in total. The van der Waals surface area contributed by atoms with E-state index in [1.54, 1.807) is 19.2 Å². The van der Waals surface area contributed by atoms with Gasteiger partial charge in [0.25, 0.3) is 10.0 Å². The molecule has 1 aromatic heterocycles. The molecule has 0 aliphatic rings. The molecule has 102 valence electrons. The zero-order valence-electron chi connectivity index (χ0n) is 10.4. The van der Waals surface area contributed by atoms with Crippen molar-refractivity contribution >= 4 is 37.5 Å². The highest BCUT2D eigenvalue weighted by atomic mass is 79.9. The van der Waals surface area contributed by atoms with Crippen LogP contribution in [0, 0.1) is 6.92 Å². The average Bonchev–Trinajstić information content (AvgIpc) is 2.64. The van der Waals surface area contributed by atoms with Gasteiger partial charge in [-0.05, 0) is 40.5 Å². The highest BCUT2D eigenvalue weighted by Gasteiger charge is 2.23. The number of benzene rings is 1. The van der Waals surface area contributed by atoms with Gasteiger partial charge in [-0.1, -0.05) is 6.07 Å². The summed E-state index contributed by atoms with van der Waals surface area (Å²) in [7, 11) is -2.20. The summed E-state index contributed by atoms with van der Waals surface area (Å²) >= 11 is 3.30. The van der Waals surface area contributed by atoms with Crippen molar-refractivity contribution in [2.24, 2.45) is 7.05 Å². The molecule has 0 aliphatic heterocycles. The third-order valence-electron chi connectivity index (χ3n) is 2.53. The number of anilines is 2. The SMILES string of the molecule is Cc1ccc(Br)c(NS(=O)(=O)c2c(N)ncn2C)c1. The predicted octanol–water partition coefficient (Wildman–Crippen LogP) is 1.87. The number of rotatable bonds is 3. The van der Waals surface area contributed by atoms with Crippen LogP contribution < -0.4 is 10.5 Å². The number of aryl methyl sites for hydroxylation is 2. The summed E-state index contributed by atoms with van der Waals surface area (Å²) in [6.45, 7) is 1.88.